The highest BCUT2D eigenvalue weighted by Crippen LogP contribution is 2.38. The van der Waals surface area contributed by atoms with E-state index in [1.54, 1.807) is 6.07 Å². The van der Waals surface area contributed by atoms with Crippen molar-refractivity contribution in [1.29, 1.82) is 0 Å². The van der Waals surface area contributed by atoms with E-state index < -0.39 is 0 Å². The summed E-state index contributed by atoms with van der Waals surface area (Å²) in [6.45, 7) is 6.11. The Hall–Kier alpha value is -1.96. The molecule has 2 rings (SSSR count). The van der Waals surface area contributed by atoms with Gasteiger partial charge in [0, 0.05) is 11.5 Å². The molecule has 2 heteroatoms. The summed E-state index contributed by atoms with van der Waals surface area (Å²) in [5, 5.41) is 20.4. The Labute approximate surface area is 152 Å². The SMILES string of the molecule is CCCCCCCCC(c1ccc(O)c(C)c1)c1cccc(C)c1O. The second kappa shape index (κ2) is 9.50. The van der Waals surface area contributed by atoms with Gasteiger partial charge in [0.05, 0.1) is 0 Å². The van der Waals surface area contributed by atoms with Crippen LogP contribution in [0.2, 0.25) is 0 Å². The number of aryl methyl sites for hydroxylation is 2. The Bertz CT molecular complexity index is 676. The van der Waals surface area contributed by atoms with E-state index in [2.05, 4.69) is 13.0 Å². The minimum absolute atomic E-state index is 0.172. The van der Waals surface area contributed by atoms with Crippen LogP contribution >= 0.6 is 0 Å². The highest BCUT2D eigenvalue weighted by Gasteiger charge is 2.19. The standard InChI is InChI=1S/C23H32O2/c1-4-5-6-7-8-9-12-20(19-14-15-22(24)18(3)16-19)21-13-10-11-17(2)23(21)25/h10-11,13-16,20,24-25H,4-9,12H2,1-3H3. The summed E-state index contributed by atoms with van der Waals surface area (Å²) in [6.07, 6.45) is 8.60. The van der Waals surface area contributed by atoms with E-state index in [0.29, 0.717) is 11.5 Å². The molecule has 2 N–H and O–H groups in total. The van der Waals surface area contributed by atoms with Crippen LogP contribution in [0.25, 0.3) is 0 Å². The van der Waals surface area contributed by atoms with Gasteiger partial charge in [0.1, 0.15) is 11.5 Å². The van der Waals surface area contributed by atoms with E-state index >= 15 is 0 Å². The van der Waals surface area contributed by atoms with Crippen molar-refractivity contribution in [3.05, 3.63) is 58.7 Å². The van der Waals surface area contributed by atoms with Crippen LogP contribution in [0.1, 0.15) is 80.0 Å². The first kappa shape index (κ1) is 19.4. The third-order valence-electron chi connectivity index (χ3n) is 5.11. The molecule has 0 aliphatic carbocycles. The smallest absolute Gasteiger partial charge is 0.122 e. The fourth-order valence-electron chi connectivity index (χ4n) is 3.49. The van der Waals surface area contributed by atoms with E-state index in [-0.39, 0.29) is 5.92 Å². The minimum Gasteiger partial charge on any atom is -0.508 e. The molecule has 0 saturated heterocycles. The van der Waals surface area contributed by atoms with Crippen LogP contribution in [0.3, 0.4) is 0 Å². The predicted molar refractivity (Wildman–Crippen MR) is 106 cm³/mol. The fourth-order valence-corrected chi connectivity index (χ4v) is 3.49. The number of hydrogen-bond acceptors (Lipinski definition) is 2. The molecule has 1 unspecified atom stereocenters. The molecule has 25 heavy (non-hydrogen) atoms. The van der Waals surface area contributed by atoms with Crippen molar-refractivity contribution in [2.75, 3.05) is 0 Å². The summed E-state index contributed by atoms with van der Waals surface area (Å²) in [4.78, 5) is 0. The van der Waals surface area contributed by atoms with Crippen LogP contribution in [-0.2, 0) is 0 Å². The molecule has 0 radical (unpaired) electrons. The lowest BCUT2D eigenvalue weighted by atomic mass is 9.84. The fraction of sp³-hybridized carbons (Fsp3) is 0.478. The Morgan fingerprint density at radius 1 is 0.840 bits per heavy atom. The number of rotatable bonds is 9. The first-order valence-corrected chi connectivity index (χ1v) is 9.62. The highest BCUT2D eigenvalue weighted by atomic mass is 16.3. The van der Waals surface area contributed by atoms with E-state index in [1.165, 1.54) is 37.7 Å². The molecule has 0 saturated carbocycles. The molecule has 0 aliphatic heterocycles. The second-order valence-corrected chi connectivity index (χ2v) is 7.17. The van der Waals surface area contributed by atoms with E-state index in [4.69, 9.17) is 0 Å². The average Bonchev–Trinajstić information content (AvgIpc) is 2.60. The van der Waals surface area contributed by atoms with Gasteiger partial charge in [-0.25, -0.2) is 0 Å². The quantitative estimate of drug-likeness (QED) is 0.505. The van der Waals surface area contributed by atoms with Gasteiger partial charge in [-0.2, -0.15) is 0 Å². The minimum atomic E-state index is 0.172. The maximum Gasteiger partial charge on any atom is 0.122 e. The zero-order valence-corrected chi connectivity index (χ0v) is 15.9. The first-order chi connectivity index (χ1) is 12.0. The van der Waals surface area contributed by atoms with Crippen LogP contribution in [0.4, 0.5) is 0 Å². The van der Waals surface area contributed by atoms with Gasteiger partial charge in [0.2, 0.25) is 0 Å². The molecule has 0 spiro atoms. The number of phenolic OH excluding ortho intramolecular Hbond substituents is 2. The van der Waals surface area contributed by atoms with Crippen molar-refractivity contribution >= 4 is 0 Å². The zero-order chi connectivity index (χ0) is 18.2. The van der Waals surface area contributed by atoms with E-state index in [9.17, 15) is 10.2 Å². The number of aromatic hydroxyl groups is 2. The van der Waals surface area contributed by atoms with Crippen molar-refractivity contribution in [1.82, 2.24) is 0 Å². The van der Waals surface area contributed by atoms with E-state index in [1.807, 2.05) is 38.1 Å². The molecule has 136 valence electrons. The molecule has 0 heterocycles. The van der Waals surface area contributed by atoms with Crippen LogP contribution < -0.4 is 0 Å². The Balaban J connectivity index is 2.19. The monoisotopic (exact) mass is 340 g/mol. The molecule has 0 amide bonds. The second-order valence-electron chi connectivity index (χ2n) is 7.17. The van der Waals surface area contributed by atoms with Gasteiger partial charge in [-0.05, 0) is 43.0 Å². The van der Waals surface area contributed by atoms with Gasteiger partial charge >= 0.3 is 0 Å². The van der Waals surface area contributed by atoms with Crippen LogP contribution in [0.15, 0.2) is 36.4 Å². The van der Waals surface area contributed by atoms with Crippen molar-refractivity contribution in [2.24, 2.45) is 0 Å². The number of unbranched alkanes of at least 4 members (excludes halogenated alkanes) is 5. The largest absolute Gasteiger partial charge is 0.508 e. The molecule has 2 aromatic rings. The highest BCUT2D eigenvalue weighted by molar-refractivity contribution is 5.47. The Kier molecular flexibility index (Phi) is 7.36. The molecule has 2 aromatic carbocycles. The zero-order valence-electron chi connectivity index (χ0n) is 15.9. The maximum atomic E-state index is 10.6. The molecule has 0 aromatic heterocycles. The lowest BCUT2D eigenvalue weighted by Gasteiger charge is -2.21. The lowest BCUT2D eigenvalue weighted by molar-refractivity contribution is 0.456. The van der Waals surface area contributed by atoms with Crippen molar-refractivity contribution in [2.45, 2.75) is 71.6 Å². The molecule has 0 fully saturated rings. The molecular formula is C23H32O2. The van der Waals surface area contributed by atoms with Crippen molar-refractivity contribution < 1.29 is 10.2 Å². The normalized spacial score (nSPS) is 12.3. The number of benzene rings is 2. The molecule has 2 nitrogen and oxygen atoms in total. The third kappa shape index (κ3) is 5.26. The molecule has 1 atom stereocenters. The van der Waals surface area contributed by atoms with Crippen LogP contribution in [0, 0.1) is 13.8 Å². The van der Waals surface area contributed by atoms with Crippen LogP contribution in [-0.4, -0.2) is 10.2 Å². The summed E-state index contributed by atoms with van der Waals surface area (Å²) in [7, 11) is 0. The van der Waals surface area contributed by atoms with Crippen molar-refractivity contribution in [3.63, 3.8) is 0 Å². The molecule has 0 aliphatic rings. The Morgan fingerprint density at radius 3 is 2.28 bits per heavy atom. The van der Waals surface area contributed by atoms with Gasteiger partial charge in [-0.15, -0.1) is 0 Å². The summed E-state index contributed by atoms with van der Waals surface area (Å²) >= 11 is 0. The van der Waals surface area contributed by atoms with Gasteiger partial charge in [-0.3, -0.25) is 0 Å². The van der Waals surface area contributed by atoms with Crippen molar-refractivity contribution in [3.8, 4) is 11.5 Å². The third-order valence-corrected chi connectivity index (χ3v) is 5.11. The topological polar surface area (TPSA) is 40.5 Å². The van der Waals surface area contributed by atoms with Gasteiger partial charge in [-0.1, -0.05) is 75.8 Å². The van der Waals surface area contributed by atoms with Crippen LogP contribution in [0.5, 0.6) is 11.5 Å². The summed E-state index contributed by atoms with van der Waals surface area (Å²) < 4.78 is 0. The average molecular weight is 341 g/mol. The Morgan fingerprint density at radius 2 is 1.56 bits per heavy atom. The summed E-state index contributed by atoms with van der Waals surface area (Å²) in [6, 6.07) is 11.8. The molecule has 0 bridgehead atoms. The first-order valence-electron chi connectivity index (χ1n) is 9.62. The number of phenols is 2. The number of para-hydroxylation sites is 1. The van der Waals surface area contributed by atoms with Gasteiger partial charge < -0.3 is 10.2 Å². The van der Waals surface area contributed by atoms with Gasteiger partial charge in [0.25, 0.3) is 0 Å². The maximum absolute atomic E-state index is 10.6. The summed E-state index contributed by atoms with van der Waals surface area (Å²) in [5.74, 6) is 0.908. The summed E-state index contributed by atoms with van der Waals surface area (Å²) in [5.41, 5.74) is 3.97. The number of hydrogen-bond donors (Lipinski definition) is 2. The molecular weight excluding hydrogens is 308 g/mol. The predicted octanol–water partition coefficient (Wildman–Crippen LogP) is 6.60. The van der Waals surface area contributed by atoms with Gasteiger partial charge in [0.15, 0.2) is 0 Å². The van der Waals surface area contributed by atoms with E-state index in [0.717, 1.165) is 29.5 Å². The lowest BCUT2D eigenvalue weighted by Crippen LogP contribution is -2.03.